The van der Waals surface area contributed by atoms with Crippen LogP contribution in [0.5, 0.6) is 0 Å². The highest BCUT2D eigenvalue weighted by Gasteiger charge is 2.27. The Balaban J connectivity index is 1.45. The van der Waals surface area contributed by atoms with E-state index in [2.05, 4.69) is 24.8 Å². The van der Waals surface area contributed by atoms with Gasteiger partial charge in [0.1, 0.15) is 11.6 Å². The summed E-state index contributed by atoms with van der Waals surface area (Å²) in [5, 5.41) is 0. The summed E-state index contributed by atoms with van der Waals surface area (Å²) < 4.78 is 18.3. The fraction of sp³-hybridized carbons (Fsp3) is 0.345. The van der Waals surface area contributed by atoms with E-state index in [-0.39, 0.29) is 11.9 Å². The van der Waals surface area contributed by atoms with Crippen LogP contribution in [0.1, 0.15) is 63.1 Å². The van der Waals surface area contributed by atoms with Crippen LogP contribution in [0.25, 0.3) is 0 Å². The van der Waals surface area contributed by atoms with Gasteiger partial charge in [0.15, 0.2) is 0 Å². The first-order valence-corrected chi connectivity index (χ1v) is 12.3. The van der Waals surface area contributed by atoms with Crippen molar-refractivity contribution in [3.8, 4) is 0 Å². The summed E-state index contributed by atoms with van der Waals surface area (Å²) in [4.78, 5) is 33.3. The minimum absolute atomic E-state index is 0.115. The van der Waals surface area contributed by atoms with Crippen molar-refractivity contribution in [2.45, 2.75) is 39.2 Å². The van der Waals surface area contributed by atoms with E-state index in [1.165, 1.54) is 24.8 Å². The Hall–Kier alpha value is -3.74. The number of halogens is 1. The molecule has 1 aromatic heterocycles. The number of ether oxygens (including phenoxy) is 1. The van der Waals surface area contributed by atoms with Crippen LogP contribution in [0.15, 0.2) is 60.8 Å². The predicted octanol–water partition coefficient (Wildman–Crippen LogP) is 5.36. The molecule has 0 saturated carbocycles. The molecule has 1 aliphatic heterocycles. The van der Waals surface area contributed by atoms with Crippen LogP contribution in [0.2, 0.25) is 0 Å². The maximum atomic E-state index is 13.6. The van der Waals surface area contributed by atoms with Crippen molar-refractivity contribution in [1.29, 1.82) is 0 Å². The molecule has 0 N–H and O–H groups in total. The molecular weight excluding hydrogens is 457 g/mol. The van der Waals surface area contributed by atoms with Gasteiger partial charge >= 0.3 is 5.97 Å². The lowest BCUT2D eigenvalue weighted by molar-refractivity contribution is 0.0600. The Bertz CT molecular complexity index is 1220. The van der Waals surface area contributed by atoms with Gasteiger partial charge in [-0.1, -0.05) is 18.2 Å². The van der Waals surface area contributed by atoms with Crippen molar-refractivity contribution >= 4 is 17.7 Å². The molecule has 0 unspecified atom stereocenters. The molecule has 1 saturated heterocycles. The largest absolute Gasteiger partial charge is 0.465 e. The van der Waals surface area contributed by atoms with Gasteiger partial charge < -0.3 is 14.5 Å². The monoisotopic (exact) mass is 489 g/mol. The SMILES string of the molecule is CCN(Cc1ccc(C(=O)OC)cc1)c1nccc(C2CCN(C(=O)c3cccc(F)c3)CC2)c1C. The van der Waals surface area contributed by atoms with Gasteiger partial charge in [0.2, 0.25) is 0 Å². The second-order valence-corrected chi connectivity index (χ2v) is 9.13. The number of aromatic nitrogens is 1. The van der Waals surface area contributed by atoms with Gasteiger partial charge in [-0.05, 0) is 85.7 Å². The normalized spacial score (nSPS) is 13.9. The number of carbonyl (C=O) groups excluding carboxylic acids is 2. The maximum Gasteiger partial charge on any atom is 0.337 e. The summed E-state index contributed by atoms with van der Waals surface area (Å²) in [6.07, 6.45) is 3.57. The summed E-state index contributed by atoms with van der Waals surface area (Å²) in [6.45, 7) is 6.97. The second kappa shape index (κ2) is 11.3. The van der Waals surface area contributed by atoms with Crippen LogP contribution in [-0.4, -0.2) is 48.5 Å². The van der Waals surface area contributed by atoms with E-state index < -0.39 is 5.82 Å². The Morgan fingerprint density at radius 3 is 2.44 bits per heavy atom. The summed E-state index contributed by atoms with van der Waals surface area (Å²) in [6, 6.07) is 15.4. The Kier molecular flexibility index (Phi) is 7.98. The van der Waals surface area contributed by atoms with E-state index in [1.807, 2.05) is 23.2 Å². The third-order valence-corrected chi connectivity index (χ3v) is 6.94. The van der Waals surface area contributed by atoms with Gasteiger partial charge in [0.05, 0.1) is 12.7 Å². The molecule has 4 rings (SSSR count). The molecule has 1 amide bonds. The number of carbonyl (C=O) groups is 2. The molecule has 0 spiro atoms. The van der Waals surface area contributed by atoms with E-state index in [4.69, 9.17) is 9.72 Å². The Morgan fingerprint density at radius 2 is 1.81 bits per heavy atom. The van der Waals surface area contributed by atoms with Crippen molar-refractivity contribution in [2.24, 2.45) is 0 Å². The van der Waals surface area contributed by atoms with Gasteiger partial charge in [-0.25, -0.2) is 14.2 Å². The van der Waals surface area contributed by atoms with Crippen molar-refractivity contribution < 1.29 is 18.7 Å². The molecule has 0 aliphatic carbocycles. The molecule has 2 aromatic carbocycles. The number of benzene rings is 2. The highest BCUT2D eigenvalue weighted by molar-refractivity contribution is 5.94. The minimum Gasteiger partial charge on any atom is -0.465 e. The third-order valence-electron chi connectivity index (χ3n) is 6.94. The van der Waals surface area contributed by atoms with Crippen LogP contribution in [0, 0.1) is 12.7 Å². The number of piperidine rings is 1. The molecule has 1 aliphatic rings. The second-order valence-electron chi connectivity index (χ2n) is 9.13. The van der Waals surface area contributed by atoms with Crippen LogP contribution >= 0.6 is 0 Å². The van der Waals surface area contributed by atoms with Gasteiger partial charge in [-0.3, -0.25) is 4.79 Å². The summed E-state index contributed by atoms with van der Waals surface area (Å²) in [5.41, 5.74) is 4.43. The van der Waals surface area contributed by atoms with Crippen LogP contribution in [0.3, 0.4) is 0 Å². The van der Waals surface area contributed by atoms with Crippen LogP contribution in [-0.2, 0) is 11.3 Å². The van der Waals surface area contributed by atoms with E-state index in [0.29, 0.717) is 36.7 Å². The molecule has 0 radical (unpaired) electrons. The number of nitrogens with zero attached hydrogens (tertiary/aromatic N) is 3. The van der Waals surface area contributed by atoms with E-state index in [9.17, 15) is 14.0 Å². The average Bonchev–Trinajstić information content (AvgIpc) is 2.91. The molecule has 0 atom stereocenters. The highest BCUT2D eigenvalue weighted by atomic mass is 19.1. The molecular formula is C29H32FN3O3. The fourth-order valence-electron chi connectivity index (χ4n) is 4.92. The number of methoxy groups -OCH3 is 1. The number of rotatable bonds is 7. The molecule has 7 heteroatoms. The molecule has 3 aromatic rings. The van der Waals surface area contributed by atoms with Crippen molar-refractivity contribution in [2.75, 3.05) is 31.6 Å². The van der Waals surface area contributed by atoms with Crippen molar-refractivity contribution in [3.63, 3.8) is 0 Å². The molecule has 1 fully saturated rings. The van der Waals surface area contributed by atoms with E-state index in [1.54, 1.807) is 24.3 Å². The summed E-state index contributed by atoms with van der Waals surface area (Å²) in [7, 11) is 1.38. The quantitative estimate of drug-likeness (QED) is 0.418. The highest BCUT2D eigenvalue weighted by Crippen LogP contribution is 2.34. The Labute approximate surface area is 211 Å². The first-order valence-electron chi connectivity index (χ1n) is 12.3. The van der Waals surface area contributed by atoms with Crippen LogP contribution in [0.4, 0.5) is 10.2 Å². The number of hydrogen-bond acceptors (Lipinski definition) is 5. The third kappa shape index (κ3) is 5.56. The van der Waals surface area contributed by atoms with E-state index >= 15 is 0 Å². The zero-order chi connectivity index (χ0) is 25.7. The summed E-state index contributed by atoms with van der Waals surface area (Å²) >= 11 is 0. The fourth-order valence-corrected chi connectivity index (χ4v) is 4.92. The first kappa shape index (κ1) is 25.4. The Morgan fingerprint density at radius 1 is 1.08 bits per heavy atom. The number of pyridine rings is 1. The zero-order valence-corrected chi connectivity index (χ0v) is 21.0. The smallest absolute Gasteiger partial charge is 0.337 e. The molecule has 36 heavy (non-hydrogen) atoms. The van der Waals surface area contributed by atoms with Crippen LogP contribution < -0.4 is 4.90 Å². The topological polar surface area (TPSA) is 62.7 Å². The number of esters is 1. The van der Waals surface area contributed by atoms with Gasteiger partial charge in [-0.15, -0.1) is 0 Å². The van der Waals surface area contributed by atoms with Gasteiger partial charge in [-0.2, -0.15) is 0 Å². The number of anilines is 1. The van der Waals surface area contributed by atoms with E-state index in [0.717, 1.165) is 36.3 Å². The number of likely N-dealkylation sites (tertiary alicyclic amines) is 1. The summed E-state index contributed by atoms with van der Waals surface area (Å²) in [5.74, 6) is 0.431. The van der Waals surface area contributed by atoms with Gasteiger partial charge in [0, 0.05) is 37.9 Å². The zero-order valence-electron chi connectivity index (χ0n) is 21.0. The maximum absolute atomic E-state index is 13.6. The average molecular weight is 490 g/mol. The van der Waals surface area contributed by atoms with Crippen molar-refractivity contribution in [3.05, 3.63) is 94.4 Å². The molecule has 188 valence electrons. The molecule has 6 nitrogen and oxygen atoms in total. The lowest BCUT2D eigenvalue weighted by atomic mass is 9.87. The van der Waals surface area contributed by atoms with Crippen molar-refractivity contribution in [1.82, 2.24) is 9.88 Å². The molecule has 0 bridgehead atoms. The lowest BCUT2D eigenvalue weighted by Crippen LogP contribution is -2.38. The standard InChI is InChI=1S/C29H32FN3O3/c1-4-32(19-21-8-10-23(11-9-21)29(35)36-3)27-20(2)26(12-15-31-27)22-13-16-33(17-14-22)28(34)24-6-5-7-25(30)18-24/h5-12,15,18,22H,4,13-14,16-17,19H2,1-3H3. The van der Waals surface area contributed by atoms with Gasteiger partial charge in [0.25, 0.3) is 5.91 Å². The predicted molar refractivity (Wildman–Crippen MR) is 138 cm³/mol. The number of amides is 1. The minimum atomic E-state index is -0.393. The first-order chi connectivity index (χ1) is 17.4. The lowest BCUT2D eigenvalue weighted by Gasteiger charge is -2.34. The molecule has 2 heterocycles. The number of hydrogen-bond donors (Lipinski definition) is 0.